The van der Waals surface area contributed by atoms with Gasteiger partial charge in [0, 0.05) is 23.5 Å². The zero-order chi connectivity index (χ0) is 15.3. The number of amides is 1. The van der Waals surface area contributed by atoms with Gasteiger partial charge in [0.05, 0.1) is 16.5 Å². The van der Waals surface area contributed by atoms with Gasteiger partial charge in [-0.25, -0.2) is 0 Å². The van der Waals surface area contributed by atoms with Gasteiger partial charge in [0.15, 0.2) is 5.82 Å². The first kappa shape index (κ1) is 14.2. The molecule has 0 bridgehead atoms. The smallest absolute Gasteiger partial charge is 0.255 e. The van der Waals surface area contributed by atoms with Crippen molar-refractivity contribution in [3.8, 4) is 0 Å². The largest absolute Gasteiger partial charge is 0.339 e. The lowest BCUT2D eigenvalue weighted by Crippen LogP contribution is -2.48. The number of carbonyl (C=O) groups excluding carboxylic acids is 1. The third-order valence-electron chi connectivity index (χ3n) is 4.08. The van der Waals surface area contributed by atoms with Crippen molar-refractivity contribution in [3.05, 3.63) is 45.0 Å². The molecular weight excluding hydrogens is 370 g/mol. The molecule has 1 aliphatic carbocycles. The maximum absolute atomic E-state index is 12.5. The Balaban J connectivity index is 1.43. The molecule has 1 aromatic heterocycles. The molecule has 1 saturated heterocycles. The van der Waals surface area contributed by atoms with Crippen LogP contribution >= 0.6 is 27.5 Å². The van der Waals surface area contributed by atoms with E-state index in [-0.39, 0.29) is 11.8 Å². The highest BCUT2D eigenvalue weighted by Gasteiger charge is 2.38. The van der Waals surface area contributed by atoms with Crippen LogP contribution in [0.3, 0.4) is 0 Å². The second-order valence-electron chi connectivity index (χ2n) is 5.80. The second-order valence-corrected chi connectivity index (χ2v) is 7.12. The van der Waals surface area contributed by atoms with Gasteiger partial charge < -0.3 is 9.42 Å². The van der Waals surface area contributed by atoms with E-state index in [0.717, 1.165) is 23.1 Å². The fraction of sp³-hybridized carbons (Fsp3) is 0.400. The molecular formula is C15H13BrClN3O2. The number of nitrogens with zero attached hydrogens (tertiary/aromatic N) is 3. The van der Waals surface area contributed by atoms with Crippen molar-refractivity contribution in [1.29, 1.82) is 0 Å². The molecule has 2 fully saturated rings. The Bertz CT molecular complexity index is 738. The lowest BCUT2D eigenvalue weighted by atomic mass is 9.98. The summed E-state index contributed by atoms with van der Waals surface area (Å²) in [6.45, 7) is 1.18. The maximum Gasteiger partial charge on any atom is 0.255 e. The number of aromatic nitrogens is 2. The van der Waals surface area contributed by atoms with Gasteiger partial charge in [-0.1, -0.05) is 32.7 Å². The van der Waals surface area contributed by atoms with Crippen LogP contribution in [0.2, 0.25) is 5.02 Å². The van der Waals surface area contributed by atoms with Gasteiger partial charge in [0.1, 0.15) is 0 Å². The minimum absolute atomic E-state index is 0.0653. The van der Waals surface area contributed by atoms with Gasteiger partial charge in [0.2, 0.25) is 5.89 Å². The Morgan fingerprint density at radius 3 is 2.82 bits per heavy atom. The van der Waals surface area contributed by atoms with E-state index in [4.69, 9.17) is 16.1 Å². The van der Waals surface area contributed by atoms with E-state index in [2.05, 4.69) is 26.1 Å². The summed E-state index contributed by atoms with van der Waals surface area (Å²) in [4.78, 5) is 18.6. The SMILES string of the molecule is O=C(c1cc(Br)ccc1Cl)N1CC(c2nc(C3CC3)no2)C1. The normalized spacial score (nSPS) is 18.4. The molecule has 7 heteroatoms. The van der Waals surface area contributed by atoms with E-state index < -0.39 is 0 Å². The fourth-order valence-corrected chi connectivity index (χ4v) is 3.11. The predicted octanol–water partition coefficient (Wildman–Crippen LogP) is 3.60. The summed E-state index contributed by atoms with van der Waals surface area (Å²) in [5, 5.41) is 4.48. The van der Waals surface area contributed by atoms with Crippen molar-refractivity contribution in [2.24, 2.45) is 0 Å². The highest BCUT2D eigenvalue weighted by atomic mass is 79.9. The summed E-state index contributed by atoms with van der Waals surface area (Å²) in [7, 11) is 0. The predicted molar refractivity (Wildman–Crippen MR) is 84.1 cm³/mol. The van der Waals surface area contributed by atoms with Crippen LogP contribution in [0.4, 0.5) is 0 Å². The Kier molecular flexibility index (Phi) is 3.46. The summed E-state index contributed by atoms with van der Waals surface area (Å²) in [5.41, 5.74) is 0.513. The monoisotopic (exact) mass is 381 g/mol. The molecule has 5 nitrogen and oxygen atoms in total. The van der Waals surface area contributed by atoms with Crippen LogP contribution in [0, 0.1) is 0 Å². The van der Waals surface area contributed by atoms with Crippen LogP contribution in [-0.4, -0.2) is 34.0 Å². The van der Waals surface area contributed by atoms with Gasteiger partial charge >= 0.3 is 0 Å². The minimum atomic E-state index is -0.0653. The van der Waals surface area contributed by atoms with E-state index in [1.54, 1.807) is 17.0 Å². The minimum Gasteiger partial charge on any atom is -0.339 e. The van der Waals surface area contributed by atoms with Crippen LogP contribution in [0.15, 0.2) is 27.2 Å². The average molecular weight is 383 g/mol. The molecule has 1 aromatic carbocycles. The highest BCUT2D eigenvalue weighted by Crippen LogP contribution is 2.39. The standard InChI is InChI=1S/C15H13BrClN3O2/c16-10-3-4-12(17)11(5-10)15(21)20-6-9(7-20)14-18-13(19-22-14)8-1-2-8/h3-5,8-9H,1-2,6-7H2. The molecule has 22 heavy (non-hydrogen) atoms. The molecule has 1 amide bonds. The molecule has 0 N–H and O–H groups in total. The number of likely N-dealkylation sites (tertiary alicyclic amines) is 1. The lowest BCUT2D eigenvalue weighted by molar-refractivity contribution is 0.0569. The molecule has 114 valence electrons. The van der Waals surface area contributed by atoms with Gasteiger partial charge in [0.25, 0.3) is 5.91 Å². The first-order chi connectivity index (χ1) is 10.6. The first-order valence-electron chi connectivity index (χ1n) is 7.19. The number of hydrogen-bond acceptors (Lipinski definition) is 4. The summed E-state index contributed by atoms with van der Waals surface area (Å²) < 4.78 is 6.15. The van der Waals surface area contributed by atoms with Crippen molar-refractivity contribution >= 4 is 33.4 Å². The molecule has 0 spiro atoms. The van der Waals surface area contributed by atoms with Gasteiger partial charge in [-0.3, -0.25) is 4.79 Å². The van der Waals surface area contributed by atoms with Crippen LogP contribution in [-0.2, 0) is 0 Å². The Labute approximate surface area is 140 Å². The van der Waals surface area contributed by atoms with Crippen LogP contribution in [0.1, 0.15) is 46.8 Å². The number of benzene rings is 1. The molecule has 2 aromatic rings. The van der Waals surface area contributed by atoms with Crippen molar-refractivity contribution < 1.29 is 9.32 Å². The summed E-state index contributed by atoms with van der Waals surface area (Å²) in [6.07, 6.45) is 2.30. The molecule has 0 atom stereocenters. The summed E-state index contributed by atoms with van der Waals surface area (Å²) >= 11 is 9.47. The first-order valence-corrected chi connectivity index (χ1v) is 8.37. The highest BCUT2D eigenvalue weighted by molar-refractivity contribution is 9.10. The molecule has 0 radical (unpaired) electrons. The third kappa shape index (κ3) is 2.54. The Morgan fingerprint density at radius 2 is 2.09 bits per heavy atom. The van der Waals surface area contributed by atoms with Gasteiger partial charge in [-0.15, -0.1) is 0 Å². The summed E-state index contributed by atoms with van der Waals surface area (Å²) in [5.74, 6) is 2.01. The van der Waals surface area contributed by atoms with Crippen molar-refractivity contribution in [3.63, 3.8) is 0 Å². The van der Waals surface area contributed by atoms with Crippen LogP contribution in [0.5, 0.6) is 0 Å². The van der Waals surface area contributed by atoms with Crippen LogP contribution < -0.4 is 0 Å². The number of rotatable bonds is 3. The third-order valence-corrected chi connectivity index (χ3v) is 4.90. The zero-order valence-corrected chi connectivity index (χ0v) is 14.0. The number of halogens is 2. The summed E-state index contributed by atoms with van der Waals surface area (Å²) in [6, 6.07) is 5.28. The van der Waals surface area contributed by atoms with E-state index in [9.17, 15) is 4.79 Å². The van der Waals surface area contributed by atoms with Crippen molar-refractivity contribution in [2.75, 3.05) is 13.1 Å². The molecule has 1 aliphatic heterocycles. The molecule has 1 saturated carbocycles. The van der Waals surface area contributed by atoms with Crippen molar-refractivity contribution in [1.82, 2.24) is 15.0 Å². The molecule has 4 rings (SSSR count). The quantitative estimate of drug-likeness (QED) is 0.814. The second kappa shape index (κ2) is 5.35. The number of hydrogen-bond donors (Lipinski definition) is 0. The topological polar surface area (TPSA) is 59.2 Å². The Morgan fingerprint density at radius 1 is 1.32 bits per heavy atom. The van der Waals surface area contributed by atoms with E-state index in [1.165, 1.54) is 0 Å². The maximum atomic E-state index is 12.5. The van der Waals surface area contributed by atoms with E-state index in [1.807, 2.05) is 6.07 Å². The fourth-order valence-electron chi connectivity index (χ4n) is 2.55. The number of carbonyl (C=O) groups is 1. The zero-order valence-electron chi connectivity index (χ0n) is 11.6. The van der Waals surface area contributed by atoms with Gasteiger partial charge in [-0.2, -0.15) is 4.98 Å². The van der Waals surface area contributed by atoms with E-state index in [0.29, 0.717) is 35.5 Å². The molecule has 2 heterocycles. The average Bonchev–Trinajstić information content (AvgIpc) is 3.19. The van der Waals surface area contributed by atoms with Crippen molar-refractivity contribution in [2.45, 2.75) is 24.7 Å². The van der Waals surface area contributed by atoms with Gasteiger partial charge in [-0.05, 0) is 31.0 Å². The Hall–Kier alpha value is -1.40. The lowest BCUT2D eigenvalue weighted by Gasteiger charge is -2.37. The molecule has 2 aliphatic rings. The van der Waals surface area contributed by atoms with Crippen LogP contribution in [0.25, 0.3) is 0 Å². The molecule has 0 unspecified atom stereocenters. The van der Waals surface area contributed by atoms with E-state index >= 15 is 0 Å².